The number of pyridine rings is 1. The van der Waals surface area contributed by atoms with E-state index in [0.717, 1.165) is 82.9 Å². The van der Waals surface area contributed by atoms with E-state index in [0.29, 0.717) is 28.1 Å². The van der Waals surface area contributed by atoms with Crippen LogP contribution in [0, 0.1) is 6.92 Å². The summed E-state index contributed by atoms with van der Waals surface area (Å²) in [6, 6.07) is 0.137. The van der Waals surface area contributed by atoms with E-state index in [1.807, 2.05) is 18.5 Å². The fourth-order valence-corrected chi connectivity index (χ4v) is 10.8. The lowest BCUT2D eigenvalue weighted by molar-refractivity contribution is 0.361. The van der Waals surface area contributed by atoms with Crippen LogP contribution < -0.4 is 22.1 Å². The Morgan fingerprint density at radius 1 is 0.510 bits per heavy atom. The minimum Gasteiger partial charge on any atom is -0.368 e. The van der Waals surface area contributed by atoms with Gasteiger partial charge in [0.1, 0.15) is 18.5 Å². The van der Waals surface area contributed by atoms with Crippen LogP contribution in [0.1, 0.15) is 204 Å². The summed E-state index contributed by atoms with van der Waals surface area (Å²) in [6.45, 7) is 1.87. The molecule has 2 unspecified atom stereocenters. The summed E-state index contributed by atoms with van der Waals surface area (Å²) in [7, 11) is 3.17. The maximum atomic E-state index is 15.1. The van der Waals surface area contributed by atoms with Gasteiger partial charge in [-0.3, -0.25) is 23.3 Å². The molecule has 51 heavy (non-hydrogen) atoms. The first-order valence-electron chi connectivity index (χ1n) is 22.1. The first-order valence-corrected chi connectivity index (χ1v) is 22.1. The van der Waals surface area contributed by atoms with Crippen LogP contribution in [0.4, 0.5) is 5.82 Å². The van der Waals surface area contributed by atoms with Gasteiger partial charge in [-0.15, -0.1) is 0 Å². The number of rotatable bonds is 6. The zero-order valence-electron chi connectivity index (χ0n) is 32.7. The second kappa shape index (κ2) is 19.2. The van der Waals surface area contributed by atoms with Crippen molar-refractivity contribution >= 4 is 24.0 Å². The standard InChI is InChI=1S/C43H71BN4O3/c1-32-39-38(40(46(2)41(32)49)45-35-25-17-11-4-3-5-12-18-26-35)42(50)48(36-27-19-13-6-7-14-20-28-36)43(51)47(39)37-29-21-24-34(30-31-37)44-33-22-15-9-8-10-16-23-33/h33-37,44-45H,3-31H2,1-2H3. The van der Waals surface area contributed by atoms with Gasteiger partial charge in [0.05, 0.1) is 5.52 Å². The van der Waals surface area contributed by atoms with E-state index in [-0.39, 0.29) is 34.9 Å². The number of nitrogens with zero attached hydrogens (tertiary/aromatic N) is 3. The van der Waals surface area contributed by atoms with E-state index in [1.165, 1.54) is 116 Å². The van der Waals surface area contributed by atoms with Crippen molar-refractivity contribution in [1.29, 1.82) is 0 Å². The molecule has 0 radical (unpaired) electrons. The number of fused-ring (bicyclic) bond motifs is 1. The monoisotopic (exact) mass is 703 g/mol. The largest absolute Gasteiger partial charge is 0.368 e. The van der Waals surface area contributed by atoms with Gasteiger partial charge in [-0.2, -0.15) is 0 Å². The van der Waals surface area contributed by atoms with Crippen LogP contribution in [0.5, 0.6) is 0 Å². The molecule has 0 saturated heterocycles. The van der Waals surface area contributed by atoms with Crippen LogP contribution >= 0.6 is 0 Å². The molecule has 6 rings (SSSR count). The van der Waals surface area contributed by atoms with Gasteiger partial charge < -0.3 is 5.32 Å². The summed E-state index contributed by atoms with van der Waals surface area (Å²) in [5, 5.41) is 4.42. The number of nitrogens with one attached hydrogen (secondary N) is 1. The summed E-state index contributed by atoms with van der Waals surface area (Å²) < 4.78 is 5.42. The number of hydrogen-bond acceptors (Lipinski definition) is 4. The van der Waals surface area contributed by atoms with Gasteiger partial charge in [0.2, 0.25) is 0 Å². The van der Waals surface area contributed by atoms with Crippen molar-refractivity contribution in [2.24, 2.45) is 7.05 Å². The minimum atomic E-state index is -0.174. The lowest BCUT2D eigenvalue weighted by Crippen LogP contribution is -2.45. The molecule has 7 nitrogen and oxygen atoms in total. The Kier molecular flexibility index (Phi) is 14.5. The van der Waals surface area contributed by atoms with Crippen LogP contribution in [-0.2, 0) is 7.05 Å². The molecular formula is C43H71BN4O3. The van der Waals surface area contributed by atoms with Gasteiger partial charge in [0.25, 0.3) is 11.1 Å². The van der Waals surface area contributed by atoms with E-state index < -0.39 is 0 Å². The molecule has 4 aliphatic rings. The van der Waals surface area contributed by atoms with E-state index in [1.54, 1.807) is 9.13 Å². The van der Waals surface area contributed by atoms with E-state index in [4.69, 9.17) is 0 Å². The van der Waals surface area contributed by atoms with Gasteiger partial charge in [-0.1, -0.05) is 159 Å². The Bertz CT molecular complexity index is 1560. The van der Waals surface area contributed by atoms with Crippen LogP contribution in [0.2, 0.25) is 11.6 Å². The zero-order valence-corrected chi connectivity index (χ0v) is 32.7. The quantitative estimate of drug-likeness (QED) is 0.240. The Balaban J connectivity index is 1.43. The highest BCUT2D eigenvalue weighted by atomic mass is 16.2. The number of aromatic nitrogens is 3. The fraction of sp³-hybridized carbons (Fsp3) is 0.837. The lowest BCUT2D eigenvalue weighted by atomic mass is 9.50. The van der Waals surface area contributed by atoms with Gasteiger partial charge in [0, 0.05) is 30.7 Å². The molecule has 0 bridgehead atoms. The summed E-state index contributed by atoms with van der Waals surface area (Å²) in [4.78, 5) is 44.3. The molecule has 0 aromatic carbocycles. The molecule has 8 heteroatoms. The van der Waals surface area contributed by atoms with E-state index >= 15 is 9.59 Å². The van der Waals surface area contributed by atoms with Crippen molar-refractivity contribution in [3.05, 3.63) is 36.8 Å². The van der Waals surface area contributed by atoms with Crippen molar-refractivity contribution in [2.45, 2.75) is 223 Å². The van der Waals surface area contributed by atoms with Gasteiger partial charge in [-0.05, 0) is 45.4 Å². The maximum absolute atomic E-state index is 15.1. The van der Waals surface area contributed by atoms with Crippen LogP contribution in [-0.4, -0.2) is 27.0 Å². The lowest BCUT2D eigenvalue weighted by Gasteiger charge is -2.29. The van der Waals surface area contributed by atoms with Gasteiger partial charge in [-0.25, -0.2) is 4.79 Å². The van der Waals surface area contributed by atoms with Crippen molar-refractivity contribution in [3.63, 3.8) is 0 Å². The molecule has 1 N–H and O–H groups in total. The molecular weight excluding hydrogens is 631 g/mol. The zero-order chi connectivity index (χ0) is 35.6. The Hall–Kier alpha value is -2.25. The SMILES string of the molecule is Cc1c(=O)n(C)c(NC2CCCCCCCCC2)c2c(=O)n(C3CCCCCCCC3)c(=O)n(C3CCCC(BC4CCCCCCC4)CC3)c12. The highest BCUT2D eigenvalue weighted by Gasteiger charge is 2.31. The third-order valence-electron chi connectivity index (χ3n) is 13.8. The summed E-state index contributed by atoms with van der Waals surface area (Å²) in [6.07, 6.45) is 34.6. The van der Waals surface area contributed by atoms with Crippen LogP contribution in [0.3, 0.4) is 0 Å². The van der Waals surface area contributed by atoms with Crippen molar-refractivity contribution in [3.8, 4) is 0 Å². The average molecular weight is 703 g/mol. The fourth-order valence-electron chi connectivity index (χ4n) is 10.8. The summed E-state index contributed by atoms with van der Waals surface area (Å²) in [5.41, 5.74) is 0.760. The Labute approximate surface area is 309 Å². The molecule has 4 aliphatic carbocycles. The van der Waals surface area contributed by atoms with Crippen LogP contribution in [0.25, 0.3) is 10.9 Å². The smallest absolute Gasteiger partial charge is 0.332 e. The van der Waals surface area contributed by atoms with Crippen molar-refractivity contribution < 1.29 is 0 Å². The predicted molar refractivity (Wildman–Crippen MR) is 216 cm³/mol. The van der Waals surface area contributed by atoms with E-state index in [2.05, 4.69) is 5.32 Å². The van der Waals surface area contributed by atoms with Crippen LogP contribution in [0.15, 0.2) is 14.4 Å². The normalized spacial score (nSPS) is 25.1. The summed E-state index contributed by atoms with van der Waals surface area (Å²) in [5.74, 6) is 2.20. The highest BCUT2D eigenvalue weighted by Crippen LogP contribution is 2.39. The molecule has 4 fully saturated rings. The first-order chi connectivity index (χ1) is 24.9. The molecule has 0 aliphatic heterocycles. The van der Waals surface area contributed by atoms with Gasteiger partial charge in [0.15, 0.2) is 0 Å². The molecule has 2 atom stereocenters. The van der Waals surface area contributed by atoms with Crippen molar-refractivity contribution in [1.82, 2.24) is 13.7 Å². The summed E-state index contributed by atoms with van der Waals surface area (Å²) >= 11 is 0. The topological polar surface area (TPSA) is 78.0 Å². The minimum absolute atomic E-state index is 0.0119. The maximum Gasteiger partial charge on any atom is 0.332 e. The first kappa shape index (κ1) is 38.5. The molecule has 4 saturated carbocycles. The second-order valence-corrected chi connectivity index (χ2v) is 17.6. The molecule has 2 aromatic rings. The highest BCUT2D eigenvalue weighted by molar-refractivity contribution is 6.39. The number of aryl methyl sites for hydroxylation is 1. The number of hydrogen-bond donors (Lipinski definition) is 1. The molecule has 0 amide bonds. The van der Waals surface area contributed by atoms with Crippen molar-refractivity contribution in [2.75, 3.05) is 5.32 Å². The van der Waals surface area contributed by atoms with E-state index in [9.17, 15) is 4.79 Å². The molecule has 2 heterocycles. The molecule has 0 spiro atoms. The van der Waals surface area contributed by atoms with Gasteiger partial charge >= 0.3 is 5.69 Å². The third kappa shape index (κ3) is 9.66. The third-order valence-corrected chi connectivity index (χ3v) is 13.8. The number of anilines is 1. The molecule has 2 aromatic heterocycles. The second-order valence-electron chi connectivity index (χ2n) is 17.6. The molecule has 284 valence electrons. The average Bonchev–Trinajstić information content (AvgIpc) is 3.25. The Morgan fingerprint density at radius 2 is 0.961 bits per heavy atom. The predicted octanol–water partition coefficient (Wildman–Crippen LogP) is 10.4. The Morgan fingerprint density at radius 3 is 1.55 bits per heavy atom.